The quantitative estimate of drug-likeness (QED) is 0.676. The molecule has 2 heterocycles. The van der Waals surface area contributed by atoms with Crippen molar-refractivity contribution >= 4 is 19.7 Å². The van der Waals surface area contributed by atoms with Crippen LogP contribution >= 0.6 is 0 Å². The first-order valence-electron chi connectivity index (χ1n) is 9.35. The Morgan fingerprint density at radius 3 is 2.29 bits per heavy atom. The highest BCUT2D eigenvalue weighted by molar-refractivity contribution is 7.96. The van der Waals surface area contributed by atoms with Gasteiger partial charge in [-0.05, 0) is 55.3 Å². The Morgan fingerprint density at radius 2 is 1.68 bits per heavy atom. The number of pyridine rings is 1. The molecule has 28 heavy (non-hydrogen) atoms. The lowest BCUT2D eigenvalue weighted by Crippen LogP contribution is -2.45. The Balaban J connectivity index is 1.82. The Bertz CT molecular complexity index is 1000. The summed E-state index contributed by atoms with van der Waals surface area (Å²) in [6.07, 6.45) is 4.94. The lowest BCUT2D eigenvalue weighted by Gasteiger charge is -2.28. The van der Waals surface area contributed by atoms with Gasteiger partial charge in [-0.15, -0.1) is 0 Å². The van der Waals surface area contributed by atoms with Crippen LogP contribution in [0.25, 0.3) is 0 Å². The van der Waals surface area contributed by atoms with E-state index >= 15 is 0 Å². The van der Waals surface area contributed by atoms with Gasteiger partial charge in [0.15, 0.2) is 19.7 Å². The molecular formula is C20H26N2O4S2. The van der Waals surface area contributed by atoms with Crippen molar-refractivity contribution in [2.45, 2.75) is 36.0 Å². The van der Waals surface area contributed by atoms with Gasteiger partial charge >= 0.3 is 0 Å². The fourth-order valence-corrected chi connectivity index (χ4v) is 8.52. The lowest BCUT2D eigenvalue weighted by atomic mass is 10.1. The minimum atomic E-state index is -3.74. The zero-order valence-electron chi connectivity index (χ0n) is 16.2. The molecule has 1 aliphatic rings. The van der Waals surface area contributed by atoms with Crippen molar-refractivity contribution < 1.29 is 16.8 Å². The van der Waals surface area contributed by atoms with Gasteiger partial charge in [-0.2, -0.15) is 0 Å². The van der Waals surface area contributed by atoms with Gasteiger partial charge in [0.2, 0.25) is 0 Å². The molecule has 0 radical (unpaired) electrons. The molecule has 1 aromatic heterocycles. The average molecular weight is 423 g/mol. The second-order valence-corrected chi connectivity index (χ2v) is 11.6. The monoisotopic (exact) mass is 422 g/mol. The number of rotatable bonds is 7. The van der Waals surface area contributed by atoms with E-state index in [9.17, 15) is 16.8 Å². The van der Waals surface area contributed by atoms with Gasteiger partial charge in [0.1, 0.15) is 0 Å². The molecule has 2 aromatic rings. The number of aryl methyl sites for hydroxylation is 1. The summed E-state index contributed by atoms with van der Waals surface area (Å²) in [7, 11) is -5.35. The fraction of sp³-hybridized carbons (Fsp3) is 0.450. The number of likely N-dealkylation sites (N-methyl/N-ethyl adjacent to an activating group) is 1. The Morgan fingerprint density at radius 1 is 1.04 bits per heavy atom. The second-order valence-electron chi connectivity index (χ2n) is 7.31. The first-order valence-corrected chi connectivity index (χ1v) is 12.7. The van der Waals surface area contributed by atoms with Gasteiger partial charge in [-0.25, -0.2) is 16.8 Å². The molecule has 0 N–H and O–H groups in total. The van der Waals surface area contributed by atoms with E-state index in [1.165, 1.54) is 0 Å². The predicted octanol–water partition coefficient (Wildman–Crippen LogP) is 1.76. The van der Waals surface area contributed by atoms with E-state index in [4.69, 9.17) is 0 Å². The van der Waals surface area contributed by atoms with Crippen molar-refractivity contribution in [3.8, 4) is 0 Å². The third-order valence-electron chi connectivity index (χ3n) is 5.40. The minimum Gasteiger partial charge on any atom is -0.301 e. The summed E-state index contributed by atoms with van der Waals surface area (Å²) in [5.74, 6) is -0.452. The molecule has 8 heteroatoms. The Labute approximate surface area is 167 Å². The summed E-state index contributed by atoms with van der Waals surface area (Å²) < 4.78 is 51.0. The van der Waals surface area contributed by atoms with E-state index in [1.54, 1.807) is 43.7 Å². The van der Waals surface area contributed by atoms with Gasteiger partial charge in [0.25, 0.3) is 0 Å². The molecule has 2 atom stereocenters. The highest BCUT2D eigenvalue weighted by Gasteiger charge is 2.47. The van der Waals surface area contributed by atoms with Crippen LogP contribution in [0.1, 0.15) is 18.1 Å². The van der Waals surface area contributed by atoms with Crippen LogP contribution in [0.5, 0.6) is 0 Å². The summed E-state index contributed by atoms with van der Waals surface area (Å²) in [6.45, 7) is 2.58. The topological polar surface area (TPSA) is 84.4 Å². The van der Waals surface area contributed by atoms with Crippen molar-refractivity contribution in [3.05, 3.63) is 59.9 Å². The molecule has 0 aliphatic carbocycles. The Kier molecular flexibility index (Phi) is 6.21. The van der Waals surface area contributed by atoms with E-state index in [1.807, 2.05) is 24.0 Å². The van der Waals surface area contributed by atoms with Gasteiger partial charge in [0, 0.05) is 25.0 Å². The molecule has 1 saturated heterocycles. The maximum atomic E-state index is 13.2. The first kappa shape index (κ1) is 21.0. The van der Waals surface area contributed by atoms with Crippen LogP contribution in [-0.2, 0) is 32.5 Å². The molecule has 152 valence electrons. The number of sulfone groups is 2. The van der Waals surface area contributed by atoms with Crippen LogP contribution in [0.3, 0.4) is 0 Å². The fourth-order valence-electron chi connectivity index (χ4n) is 3.61. The molecule has 0 amide bonds. The zero-order chi connectivity index (χ0) is 20.4. The van der Waals surface area contributed by atoms with Crippen molar-refractivity contribution in [1.29, 1.82) is 0 Å². The molecule has 0 saturated carbocycles. The number of hydrogen-bond donors (Lipinski definition) is 0. The second kappa shape index (κ2) is 8.31. The third-order valence-corrected chi connectivity index (χ3v) is 9.53. The molecule has 1 aliphatic heterocycles. The zero-order valence-corrected chi connectivity index (χ0v) is 17.8. The van der Waals surface area contributed by atoms with Gasteiger partial charge in [-0.1, -0.05) is 19.1 Å². The van der Waals surface area contributed by atoms with Crippen LogP contribution < -0.4 is 0 Å². The lowest BCUT2D eigenvalue weighted by molar-refractivity contribution is 0.266. The largest absolute Gasteiger partial charge is 0.301 e. The van der Waals surface area contributed by atoms with Crippen molar-refractivity contribution in [1.82, 2.24) is 9.88 Å². The smallest absolute Gasteiger partial charge is 0.183 e. The van der Waals surface area contributed by atoms with Crippen LogP contribution in [-0.4, -0.2) is 63.1 Å². The van der Waals surface area contributed by atoms with Crippen LogP contribution in [0, 0.1) is 0 Å². The molecule has 6 nitrogen and oxygen atoms in total. The number of benzene rings is 1. The van der Waals surface area contributed by atoms with Gasteiger partial charge < -0.3 is 4.90 Å². The third kappa shape index (κ3) is 4.61. The standard InChI is InChI=1S/C20H26N2O4S2/c1-3-16-4-6-18(7-5-16)28(25,26)20-15-27(23,24)14-19(20)22(2)13-10-17-8-11-21-12-9-17/h4-9,11-12,19-20H,3,10,13-15H2,1-2H3/t19-,20+/m0/s1. The SMILES string of the molecule is CCc1ccc(S(=O)(=O)[C@@H]2CS(=O)(=O)C[C@@H]2N(C)CCc2ccncc2)cc1. The van der Waals surface area contributed by atoms with Gasteiger partial charge in [0.05, 0.1) is 21.7 Å². The first-order chi connectivity index (χ1) is 13.2. The molecule has 1 fully saturated rings. The molecular weight excluding hydrogens is 396 g/mol. The molecule has 0 unspecified atom stereocenters. The molecule has 0 spiro atoms. The van der Waals surface area contributed by atoms with E-state index in [0.717, 1.165) is 17.5 Å². The average Bonchev–Trinajstić information content (AvgIpc) is 3.03. The molecule has 1 aromatic carbocycles. The number of aromatic nitrogens is 1. The van der Waals surface area contributed by atoms with Crippen LogP contribution in [0.15, 0.2) is 53.7 Å². The van der Waals surface area contributed by atoms with E-state index in [0.29, 0.717) is 13.0 Å². The number of hydrogen-bond acceptors (Lipinski definition) is 6. The van der Waals surface area contributed by atoms with Crippen molar-refractivity contribution in [3.63, 3.8) is 0 Å². The van der Waals surface area contributed by atoms with E-state index in [-0.39, 0.29) is 16.4 Å². The molecule has 0 bridgehead atoms. The normalized spacial score (nSPS) is 21.8. The summed E-state index contributed by atoms with van der Waals surface area (Å²) >= 11 is 0. The highest BCUT2D eigenvalue weighted by atomic mass is 32.2. The van der Waals surface area contributed by atoms with Gasteiger partial charge in [-0.3, -0.25) is 4.98 Å². The van der Waals surface area contributed by atoms with Crippen LogP contribution in [0.2, 0.25) is 0 Å². The van der Waals surface area contributed by atoms with Crippen molar-refractivity contribution in [2.75, 3.05) is 25.1 Å². The van der Waals surface area contributed by atoms with E-state index < -0.39 is 31.0 Å². The highest BCUT2D eigenvalue weighted by Crippen LogP contribution is 2.29. The predicted molar refractivity (Wildman–Crippen MR) is 110 cm³/mol. The maximum absolute atomic E-state index is 13.2. The Hall–Kier alpha value is -1.77. The number of nitrogens with zero attached hydrogens (tertiary/aromatic N) is 2. The van der Waals surface area contributed by atoms with Crippen molar-refractivity contribution in [2.24, 2.45) is 0 Å². The summed E-state index contributed by atoms with van der Waals surface area (Å²) in [4.78, 5) is 6.05. The minimum absolute atomic E-state index is 0.128. The molecule has 3 rings (SSSR count). The maximum Gasteiger partial charge on any atom is 0.183 e. The van der Waals surface area contributed by atoms with Crippen LogP contribution in [0.4, 0.5) is 0 Å². The summed E-state index contributed by atoms with van der Waals surface area (Å²) in [5, 5.41) is -0.951. The van der Waals surface area contributed by atoms with E-state index in [2.05, 4.69) is 4.98 Å². The summed E-state index contributed by atoms with van der Waals surface area (Å²) in [6, 6.07) is 10.0. The summed E-state index contributed by atoms with van der Waals surface area (Å²) in [5.41, 5.74) is 2.13.